The van der Waals surface area contributed by atoms with Crippen LogP contribution < -0.4 is 10.6 Å². The Kier molecular flexibility index (Phi) is 6.36. The van der Waals surface area contributed by atoms with E-state index >= 15 is 0 Å². The van der Waals surface area contributed by atoms with Crippen LogP contribution in [0.2, 0.25) is 0 Å². The molecule has 4 heterocycles. The summed E-state index contributed by atoms with van der Waals surface area (Å²) in [5, 5.41) is 14.5. The molecule has 1 saturated heterocycles. The maximum absolute atomic E-state index is 12.6. The Bertz CT molecular complexity index is 1120. The van der Waals surface area contributed by atoms with Gasteiger partial charge in [-0.3, -0.25) is 19.5 Å². The molecule has 11 heteroatoms. The summed E-state index contributed by atoms with van der Waals surface area (Å²) in [6, 6.07) is 5.04. The number of aromatic amines is 1. The van der Waals surface area contributed by atoms with Crippen LogP contribution in [0.1, 0.15) is 23.3 Å². The maximum atomic E-state index is 12.6. The van der Waals surface area contributed by atoms with E-state index in [1.165, 1.54) is 23.6 Å². The summed E-state index contributed by atoms with van der Waals surface area (Å²) in [7, 11) is 0. The minimum absolute atomic E-state index is 0.166. The van der Waals surface area contributed by atoms with Gasteiger partial charge in [0.25, 0.3) is 5.91 Å². The van der Waals surface area contributed by atoms with Crippen LogP contribution >= 0.6 is 11.3 Å². The molecule has 0 radical (unpaired) electrons. The lowest BCUT2D eigenvalue weighted by atomic mass is 9.97. The van der Waals surface area contributed by atoms with Crippen molar-refractivity contribution in [2.75, 3.05) is 23.7 Å². The molecule has 1 unspecified atom stereocenters. The Morgan fingerprint density at radius 2 is 2.12 bits per heavy atom. The number of carbonyl (C=O) groups is 3. The third-order valence-electron chi connectivity index (χ3n) is 5.02. The number of rotatable bonds is 6. The smallest absolute Gasteiger partial charge is 0.276 e. The predicted octanol–water partition coefficient (Wildman–Crippen LogP) is 2.54. The van der Waals surface area contributed by atoms with Gasteiger partial charge in [-0.25, -0.2) is 9.97 Å². The summed E-state index contributed by atoms with van der Waals surface area (Å²) >= 11 is 1.33. The second kappa shape index (κ2) is 9.52. The molecule has 0 aliphatic carbocycles. The molecule has 3 amide bonds. The van der Waals surface area contributed by atoms with Gasteiger partial charge in [-0.2, -0.15) is 5.10 Å². The summed E-state index contributed by atoms with van der Waals surface area (Å²) in [6.45, 7) is 4.50. The molecule has 1 aliphatic heterocycles. The number of hydrogen-bond donors (Lipinski definition) is 3. The third-order valence-corrected chi connectivity index (χ3v) is 5.89. The first-order chi connectivity index (χ1) is 15.5. The van der Waals surface area contributed by atoms with Crippen molar-refractivity contribution in [3.63, 3.8) is 0 Å². The van der Waals surface area contributed by atoms with E-state index in [1.807, 2.05) is 0 Å². The Labute approximate surface area is 187 Å². The minimum atomic E-state index is -0.384. The van der Waals surface area contributed by atoms with E-state index < -0.39 is 0 Å². The van der Waals surface area contributed by atoms with Crippen LogP contribution in [0.5, 0.6) is 0 Å². The maximum Gasteiger partial charge on any atom is 0.276 e. The van der Waals surface area contributed by atoms with Gasteiger partial charge in [-0.05, 0) is 37.1 Å². The van der Waals surface area contributed by atoms with Crippen molar-refractivity contribution in [1.82, 2.24) is 25.1 Å². The normalized spacial score (nSPS) is 15.8. The molecule has 0 bridgehead atoms. The second-order valence-corrected chi connectivity index (χ2v) is 8.07. The van der Waals surface area contributed by atoms with E-state index in [2.05, 4.69) is 37.4 Å². The highest BCUT2D eigenvalue weighted by molar-refractivity contribution is 7.13. The SMILES string of the molecule is C=CC(=O)N1CCCC(C(=O)Nc2ccc(NC(=O)c3csc(-c4ccn[nH]4)n3)nc2)C1. The third kappa shape index (κ3) is 4.89. The quantitative estimate of drug-likeness (QED) is 0.493. The lowest BCUT2D eigenvalue weighted by Gasteiger charge is -2.31. The Morgan fingerprint density at radius 1 is 1.25 bits per heavy atom. The first kappa shape index (κ1) is 21.4. The van der Waals surface area contributed by atoms with Crippen molar-refractivity contribution in [2.45, 2.75) is 12.8 Å². The summed E-state index contributed by atoms with van der Waals surface area (Å²) in [5.74, 6) is -0.671. The Morgan fingerprint density at radius 3 is 2.84 bits per heavy atom. The van der Waals surface area contributed by atoms with Gasteiger partial charge in [-0.1, -0.05) is 6.58 Å². The van der Waals surface area contributed by atoms with Gasteiger partial charge in [0, 0.05) is 24.7 Å². The van der Waals surface area contributed by atoms with Crippen LogP contribution in [0.4, 0.5) is 11.5 Å². The fraction of sp³-hybridized carbons (Fsp3) is 0.238. The molecule has 164 valence electrons. The number of nitrogens with one attached hydrogen (secondary N) is 3. The van der Waals surface area contributed by atoms with Gasteiger partial charge < -0.3 is 15.5 Å². The van der Waals surface area contributed by atoms with Crippen molar-refractivity contribution >= 4 is 40.6 Å². The van der Waals surface area contributed by atoms with E-state index in [1.54, 1.807) is 34.7 Å². The number of thiazole rings is 1. The van der Waals surface area contributed by atoms with Crippen LogP contribution in [-0.2, 0) is 9.59 Å². The Balaban J connectivity index is 1.33. The Hall–Kier alpha value is -3.86. The number of amides is 3. The largest absolute Gasteiger partial charge is 0.338 e. The molecule has 1 aliphatic rings. The number of nitrogens with zero attached hydrogens (tertiary/aromatic N) is 4. The van der Waals surface area contributed by atoms with Gasteiger partial charge >= 0.3 is 0 Å². The van der Waals surface area contributed by atoms with E-state index in [0.29, 0.717) is 36.0 Å². The highest BCUT2D eigenvalue weighted by atomic mass is 32.1. The van der Waals surface area contributed by atoms with Crippen LogP contribution in [-0.4, -0.2) is 55.9 Å². The van der Waals surface area contributed by atoms with Gasteiger partial charge in [0.15, 0.2) is 0 Å². The molecule has 0 spiro atoms. The van der Waals surface area contributed by atoms with Gasteiger partial charge in [0.2, 0.25) is 11.8 Å². The van der Waals surface area contributed by atoms with Crippen LogP contribution in [0.15, 0.2) is 48.6 Å². The number of piperidine rings is 1. The molecule has 3 aromatic heterocycles. The number of hydrogen-bond acceptors (Lipinski definition) is 7. The standard InChI is InChI=1S/C21H21N7O3S/c1-2-18(29)28-9-3-4-13(11-28)19(30)24-14-5-6-17(22-10-14)26-20(31)16-12-32-21(25-16)15-7-8-23-27-15/h2,5-8,10,12-13H,1,3-4,9,11H2,(H,23,27)(H,24,30)(H,22,26,31). The van der Waals surface area contributed by atoms with Gasteiger partial charge in [0.1, 0.15) is 16.5 Å². The molecule has 3 N–H and O–H groups in total. The highest BCUT2D eigenvalue weighted by Gasteiger charge is 2.27. The second-order valence-electron chi connectivity index (χ2n) is 7.21. The van der Waals surface area contributed by atoms with Crippen LogP contribution in [0, 0.1) is 5.92 Å². The summed E-state index contributed by atoms with van der Waals surface area (Å²) in [6.07, 6.45) is 5.83. The molecule has 0 aromatic carbocycles. The summed E-state index contributed by atoms with van der Waals surface area (Å²) < 4.78 is 0. The van der Waals surface area contributed by atoms with Crippen molar-refractivity contribution in [3.8, 4) is 10.7 Å². The average Bonchev–Trinajstić information content (AvgIpc) is 3.52. The van der Waals surface area contributed by atoms with Gasteiger partial charge in [0.05, 0.1) is 23.5 Å². The zero-order chi connectivity index (χ0) is 22.5. The fourth-order valence-corrected chi connectivity index (χ4v) is 4.14. The molecule has 1 fully saturated rings. The van der Waals surface area contributed by atoms with E-state index in [-0.39, 0.29) is 29.3 Å². The molecular weight excluding hydrogens is 430 g/mol. The fourth-order valence-electron chi connectivity index (χ4n) is 3.36. The average molecular weight is 452 g/mol. The zero-order valence-corrected chi connectivity index (χ0v) is 17.9. The summed E-state index contributed by atoms with van der Waals surface area (Å²) in [5.41, 5.74) is 1.52. The number of carbonyl (C=O) groups excluding carboxylic acids is 3. The number of pyridine rings is 1. The molecule has 32 heavy (non-hydrogen) atoms. The number of H-pyrrole nitrogens is 1. The lowest BCUT2D eigenvalue weighted by molar-refractivity contribution is -0.130. The van der Waals surface area contributed by atoms with Crippen molar-refractivity contribution in [2.24, 2.45) is 5.92 Å². The van der Waals surface area contributed by atoms with Crippen molar-refractivity contribution < 1.29 is 14.4 Å². The summed E-state index contributed by atoms with van der Waals surface area (Å²) in [4.78, 5) is 46.9. The molecule has 10 nitrogen and oxygen atoms in total. The first-order valence-electron chi connectivity index (χ1n) is 9.98. The highest BCUT2D eigenvalue weighted by Crippen LogP contribution is 2.22. The number of likely N-dealkylation sites (tertiary alicyclic amines) is 1. The van der Waals surface area contributed by atoms with E-state index in [0.717, 1.165) is 12.1 Å². The predicted molar refractivity (Wildman–Crippen MR) is 120 cm³/mol. The minimum Gasteiger partial charge on any atom is -0.338 e. The van der Waals surface area contributed by atoms with E-state index in [9.17, 15) is 14.4 Å². The number of anilines is 2. The lowest BCUT2D eigenvalue weighted by Crippen LogP contribution is -2.43. The first-order valence-corrected chi connectivity index (χ1v) is 10.9. The van der Waals surface area contributed by atoms with E-state index in [4.69, 9.17) is 0 Å². The molecule has 4 rings (SSSR count). The topological polar surface area (TPSA) is 133 Å². The molecule has 3 aromatic rings. The molecule has 1 atom stereocenters. The zero-order valence-electron chi connectivity index (χ0n) is 17.1. The molecular formula is C21H21N7O3S. The monoisotopic (exact) mass is 451 g/mol. The van der Waals surface area contributed by atoms with Crippen molar-refractivity contribution in [3.05, 3.63) is 54.3 Å². The van der Waals surface area contributed by atoms with Crippen LogP contribution in [0.25, 0.3) is 10.7 Å². The molecule has 0 saturated carbocycles. The number of aromatic nitrogens is 4. The van der Waals surface area contributed by atoms with Crippen molar-refractivity contribution in [1.29, 1.82) is 0 Å². The van der Waals surface area contributed by atoms with Crippen LogP contribution in [0.3, 0.4) is 0 Å². The van der Waals surface area contributed by atoms with Gasteiger partial charge in [-0.15, -0.1) is 11.3 Å².